The lowest BCUT2D eigenvalue weighted by Gasteiger charge is -2.37. The summed E-state index contributed by atoms with van der Waals surface area (Å²) in [5, 5.41) is 7.78. The van der Waals surface area contributed by atoms with E-state index in [4.69, 9.17) is 11.6 Å². The number of hydrogen-bond acceptors (Lipinski definition) is 5. The third kappa shape index (κ3) is 6.83. The van der Waals surface area contributed by atoms with Crippen LogP contribution < -0.4 is 15.5 Å². The Morgan fingerprint density at radius 3 is 2.72 bits per heavy atom. The molecule has 29 heavy (non-hydrogen) atoms. The van der Waals surface area contributed by atoms with Crippen LogP contribution in [0.3, 0.4) is 0 Å². The topological polar surface area (TPSA) is 59.0 Å². The molecule has 2 saturated heterocycles. The van der Waals surface area contributed by atoms with Crippen LogP contribution >= 0.6 is 35.6 Å². The standard InChI is InChI=1S/C20H34ClN7.HI/c1-4-26-10-12-27(13-11-26)16(2)14-24-20(22-3)25-17-7-9-28(15-17)19-18(21)6-5-8-23-19;/h5-6,8,16-17H,4,7,9-15H2,1-3H3,(H2,22,24,25);1H. The number of anilines is 1. The first-order valence-electron chi connectivity index (χ1n) is 10.4. The van der Waals surface area contributed by atoms with E-state index in [9.17, 15) is 0 Å². The number of likely N-dealkylation sites (N-methyl/N-ethyl adjacent to an activating group) is 1. The zero-order valence-corrected chi connectivity index (χ0v) is 20.9. The van der Waals surface area contributed by atoms with Gasteiger partial charge in [-0.05, 0) is 32.0 Å². The van der Waals surface area contributed by atoms with Crippen LogP contribution in [-0.2, 0) is 0 Å². The third-order valence-electron chi connectivity index (χ3n) is 5.83. The molecular formula is C20H35ClIN7. The fraction of sp³-hybridized carbons (Fsp3) is 0.700. The molecule has 1 aromatic heterocycles. The number of nitrogens with one attached hydrogen (secondary N) is 2. The second-order valence-electron chi connectivity index (χ2n) is 7.66. The third-order valence-corrected chi connectivity index (χ3v) is 6.13. The van der Waals surface area contributed by atoms with Crippen molar-refractivity contribution >= 4 is 47.4 Å². The average Bonchev–Trinajstić information content (AvgIpc) is 3.19. The second-order valence-corrected chi connectivity index (χ2v) is 8.06. The minimum absolute atomic E-state index is 0. The van der Waals surface area contributed by atoms with Gasteiger partial charge in [-0.15, -0.1) is 24.0 Å². The van der Waals surface area contributed by atoms with Crippen molar-refractivity contribution in [2.45, 2.75) is 32.4 Å². The van der Waals surface area contributed by atoms with Gasteiger partial charge in [0.2, 0.25) is 0 Å². The molecular weight excluding hydrogens is 501 g/mol. The summed E-state index contributed by atoms with van der Waals surface area (Å²) in [6.07, 6.45) is 2.84. The van der Waals surface area contributed by atoms with E-state index in [1.165, 1.54) is 13.1 Å². The number of nitrogens with zero attached hydrogens (tertiary/aromatic N) is 5. The van der Waals surface area contributed by atoms with E-state index in [2.05, 4.69) is 49.2 Å². The van der Waals surface area contributed by atoms with Crippen molar-refractivity contribution in [2.75, 3.05) is 64.3 Å². The highest BCUT2D eigenvalue weighted by Crippen LogP contribution is 2.25. The van der Waals surface area contributed by atoms with Crippen LogP contribution in [0.25, 0.3) is 0 Å². The van der Waals surface area contributed by atoms with Gasteiger partial charge < -0.3 is 20.4 Å². The lowest BCUT2D eigenvalue weighted by atomic mass is 10.2. The molecule has 0 amide bonds. The van der Waals surface area contributed by atoms with E-state index < -0.39 is 0 Å². The van der Waals surface area contributed by atoms with E-state index in [0.717, 1.165) is 57.5 Å². The molecule has 7 nitrogen and oxygen atoms in total. The molecule has 0 spiro atoms. The largest absolute Gasteiger partial charge is 0.355 e. The first-order chi connectivity index (χ1) is 13.6. The maximum absolute atomic E-state index is 6.29. The monoisotopic (exact) mass is 535 g/mol. The Morgan fingerprint density at radius 2 is 2.07 bits per heavy atom. The summed E-state index contributed by atoms with van der Waals surface area (Å²) in [5.41, 5.74) is 0. The normalized spacial score (nSPS) is 22.3. The van der Waals surface area contributed by atoms with Crippen molar-refractivity contribution in [3.8, 4) is 0 Å². The number of halogens is 2. The Kier molecular flexibility index (Phi) is 10.2. The van der Waals surface area contributed by atoms with Crippen LogP contribution in [-0.4, -0.2) is 92.2 Å². The summed E-state index contributed by atoms with van der Waals surface area (Å²) in [6, 6.07) is 4.59. The molecule has 3 rings (SSSR count). The van der Waals surface area contributed by atoms with Crippen LogP contribution in [0.5, 0.6) is 0 Å². The highest BCUT2D eigenvalue weighted by atomic mass is 127. The van der Waals surface area contributed by atoms with Crippen LogP contribution in [0.4, 0.5) is 5.82 Å². The molecule has 2 fully saturated rings. The summed E-state index contributed by atoms with van der Waals surface area (Å²) in [7, 11) is 1.84. The van der Waals surface area contributed by atoms with Crippen LogP contribution in [0, 0.1) is 0 Å². The maximum atomic E-state index is 6.29. The Morgan fingerprint density at radius 1 is 1.31 bits per heavy atom. The molecule has 2 N–H and O–H groups in total. The highest BCUT2D eigenvalue weighted by molar-refractivity contribution is 14.0. The number of aliphatic imine (C=N–C) groups is 1. The minimum Gasteiger partial charge on any atom is -0.355 e. The molecule has 0 aliphatic carbocycles. The summed E-state index contributed by atoms with van der Waals surface area (Å²) < 4.78 is 0. The predicted molar refractivity (Wildman–Crippen MR) is 133 cm³/mol. The number of hydrogen-bond donors (Lipinski definition) is 2. The zero-order valence-electron chi connectivity index (χ0n) is 17.8. The van der Waals surface area contributed by atoms with E-state index in [-0.39, 0.29) is 24.0 Å². The molecule has 0 bridgehead atoms. The molecule has 2 unspecified atom stereocenters. The van der Waals surface area contributed by atoms with Gasteiger partial charge in [-0.25, -0.2) is 4.98 Å². The predicted octanol–water partition coefficient (Wildman–Crippen LogP) is 2.12. The molecule has 2 aliphatic rings. The number of guanidine groups is 1. The maximum Gasteiger partial charge on any atom is 0.191 e. The summed E-state index contributed by atoms with van der Waals surface area (Å²) in [5.74, 6) is 1.74. The number of pyridine rings is 1. The average molecular weight is 536 g/mol. The van der Waals surface area contributed by atoms with Crippen LogP contribution in [0.15, 0.2) is 23.3 Å². The second kappa shape index (κ2) is 12.1. The molecule has 0 radical (unpaired) electrons. The Labute approximate surface area is 197 Å². The number of aromatic nitrogens is 1. The van der Waals surface area contributed by atoms with E-state index in [1.54, 1.807) is 6.20 Å². The molecule has 1 aromatic rings. The molecule has 0 saturated carbocycles. The highest BCUT2D eigenvalue weighted by Gasteiger charge is 2.26. The number of rotatable bonds is 6. The van der Waals surface area contributed by atoms with E-state index in [0.29, 0.717) is 17.1 Å². The van der Waals surface area contributed by atoms with E-state index >= 15 is 0 Å². The van der Waals surface area contributed by atoms with Crippen molar-refractivity contribution in [1.29, 1.82) is 0 Å². The first kappa shape index (κ1) is 24.4. The van der Waals surface area contributed by atoms with Crippen LogP contribution in [0.1, 0.15) is 20.3 Å². The molecule has 0 aromatic carbocycles. The van der Waals surface area contributed by atoms with Gasteiger partial charge in [-0.3, -0.25) is 9.89 Å². The van der Waals surface area contributed by atoms with Gasteiger partial charge in [0.05, 0.1) is 5.02 Å². The minimum atomic E-state index is 0. The van der Waals surface area contributed by atoms with Crippen molar-refractivity contribution in [2.24, 2.45) is 4.99 Å². The lowest BCUT2D eigenvalue weighted by molar-refractivity contribution is 0.107. The summed E-state index contributed by atoms with van der Waals surface area (Å²) in [6.45, 7) is 13.0. The lowest BCUT2D eigenvalue weighted by Crippen LogP contribution is -2.53. The smallest absolute Gasteiger partial charge is 0.191 e. The fourth-order valence-electron chi connectivity index (χ4n) is 3.96. The van der Waals surface area contributed by atoms with Gasteiger partial charge in [0.25, 0.3) is 0 Å². The van der Waals surface area contributed by atoms with Crippen LogP contribution in [0.2, 0.25) is 5.02 Å². The van der Waals surface area contributed by atoms with Crippen molar-refractivity contribution < 1.29 is 0 Å². The van der Waals surface area contributed by atoms with E-state index in [1.807, 2.05) is 19.2 Å². The van der Waals surface area contributed by atoms with Crippen molar-refractivity contribution in [3.05, 3.63) is 23.4 Å². The number of piperazine rings is 1. The Bertz CT molecular complexity index is 651. The van der Waals surface area contributed by atoms with Crippen molar-refractivity contribution in [1.82, 2.24) is 25.4 Å². The molecule has 3 heterocycles. The molecule has 2 aliphatic heterocycles. The van der Waals surface area contributed by atoms with Gasteiger partial charge >= 0.3 is 0 Å². The SMILES string of the molecule is CCN1CCN(C(C)CNC(=NC)NC2CCN(c3ncccc3Cl)C2)CC1.I. The van der Waals surface area contributed by atoms with Crippen molar-refractivity contribution in [3.63, 3.8) is 0 Å². The fourth-order valence-corrected chi connectivity index (χ4v) is 4.20. The Hall–Kier alpha value is -0.840. The zero-order chi connectivity index (χ0) is 19.9. The summed E-state index contributed by atoms with van der Waals surface area (Å²) >= 11 is 6.29. The molecule has 2 atom stereocenters. The molecule has 164 valence electrons. The van der Waals surface area contributed by atoms with Gasteiger partial charge in [-0.1, -0.05) is 18.5 Å². The molecule has 9 heteroatoms. The summed E-state index contributed by atoms with van der Waals surface area (Å²) in [4.78, 5) is 16.2. The quantitative estimate of drug-likeness (QED) is 0.331. The first-order valence-corrected chi connectivity index (χ1v) is 10.8. The van der Waals surface area contributed by atoms with Gasteiger partial charge in [0.1, 0.15) is 5.82 Å². The van der Waals surface area contributed by atoms with Gasteiger partial charge in [-0.2, -0.15) is 0 Å². The Balaban J connectivity index is 0.00000300. The van der Waals surface area contributed by atoms with Gasteiger partial charge in [0, 0.05) is 71.1 Å². The van der Waals surface area contributed by atoms with Gasteiger partial charge in [0.15, 0.2) is 5.96 Å².